The molecule has 0 heterocycles. The Hall–Kier alpha value is -1.02. The summed E-state index contributed by atoms with van der Waals surface area (Å²) in [5.74, 6) is 1.04. The number of hydrogen-bond acceptors (Lipinski definition) is 2. The third kappa shape index (κ3) is 2.06. The molecule has 0 saturated heterocycles. The zero-order valence-electron chi connectivity index (χ0n) is 10.6. The molecule has 2 nitrogen and oxygen atoms in total. The molecule has 2 aliphatic rings. The molecule has 92 valence electrons. The van der Waals surface area contributed by atoms with Gasteiger partial charge in [0.2, 0.25) is 0 Å². The summed E-state index contributed by atoms with van der Waals surface area (Å²) < 4.78 is 5.53. The van der Waals surface area contributed by atoms with Crippen LogP contribution in [0, 0.1) is 0 Å². The zero-order valence-corrected chi connectivity index (χ0v) is 10.6. The van der Waals surface area contributed by atoms with Crippen LogP contribution in [0.5, 0.6) is 5.75 Å². The molecule has 0 atom stereocenters. The number of nitrogens with two attached hydrogens (primary N) is 1. The molecular weight excluding hydrogens is 210 g/mol. The number of benzene rings is 1. The first-order valence-electron chi connectivity index (χ1n) is 6.68. The predicted octanol–water partition coefficient (Wildman–Crippen LogP) is 2.61. The van der Waals surface area contributed by atoms with Crippen LogP contribution in [0.4, 0.5) is 0 Å². The minimum atomic E-state index is 0.0693. The molecule has 2 aliphatic carbocycles. The highest BCUT2D eigenvalue weighted by atomic mass is 16.5. The van der Waals surface area contributed by atoms with Crippen LogP contribution >= 0.6 is 0 Å². The summed E-state index contributed by atoms with van der Waals surface area (Å²) in [7, 11) is 1.77. The maximum atomic E-state index is 6.28. The Morgan fingerprint density at radius 3 is 2.71 bits per heavy atom. The summed E-state index contributed by atoms with van der Waals surface area (Å²) in [5.41, 5.74) is 10.8. The minimum absolute atomic E-state index is 0.0693. The van der Waals surface area contributed by atoms with E-state index in [9.17, 15) is 0 Å². The smallest absolute Gasteiger partial charge is 0.122 e. The third-order valence-electron chi connectivity index (χ3n) is 4.25. The van der Waals surface area contributed by atoms with E-state index in [1.807, 2.05) is 0 Å². The number of fused-ring (bicyclic) bond motifs is 1. The van der Waals surface area contributed by atoms with Gasteiger partial charge in [-0.2, -0.15) is 0 Å². The Labute approximate surface area is 103 Å². The van der Waals surface area contributed by atoms with Crippen molar-refractivity contribution in [3.63, 3.8) is 0 Å². The molecule has 0 radical (unpaired) electrons. The first kappa shape index (κ1) is 11.1. The first-order valence-corrected chi connectivity index (χ1v) is 6.68. The molecular formula is C15H21NO. The predicted molar refractivity (Wildman–Crippen MR) is 69.5 cm³/mol. The lowest BCUT2D eigenvalue weighted by atomic mass is 9.85. The molecule has 0 aromatic heterocycles. The molecule has 0 bridgehead atoms. The summed E-state index contributed by atoms with van der Waals surface area (Å²) in [6.07, 6.45) is 8.40. The van der Waals surface area contributed by atoms with Crippen molar-refractivity contribution in [2.24, 2.45) is 5.73 Å². The number of aryl methyl sites for hydroxylation is 1. The molecule has 1 aromatic carbocycles. The van der Waals surface area contributed by atoms with Crippen molar-refractivity contribution in [2.75, 3.05) is 7.11 Å². The normalized spacial score (nSPS) is 20.8. The second kappa shape index (κ2) is 4.02. The van der Waals surface area contributed by atoms with E-state index < -0.39 is 0 Å². The number of methoxy groups -OCH3 is 1. The summed E-state index contributed by atoms with van der Waals surface area (Å²) in [6, 6.07) is 4.37. The average Bonchev–Trinajstić information content (AvgIpc) is 3.08. The molecule has 0 spiro atoms. The lowest BCUT2D eigenvalue weighted by Gasteiger charge is -2.23. The van der Waals surface area contributed by atoms with Crippen LogP contribution in [-0.2, 0) is 19.3 Å². The van der Waals surface area contributed by atoms with Crippen molar-refractivity contribution < 1.29 is 4.74 Å². The zero-order chi connectivity index (χ0) is 11.9. The molecule has 2 N–H and O–H groups in total. The Morgan fingerprint density at radius 2 is 2.00 bits per heavy atom. The van der Waals surface area contributed by atoms with E-state index in [0.29, 0.717) is 0 Å². The van der Waals surface area contributed by atoms with Gasteiger partial charge in [0.05, 0.1) is 7.11 Å². The van der Waals surface area contributed by atoms with Gasteiger partial charge in [-0.25, -0.2) is 0 Å². The minimum Gasteiger partial charge on any atom is -0.496 e. The van der Waals surface area contributed by atoms with Gasteiger partial charge >= 0.3 is 0 Å². The van der Waals surface area contributed by atoms with Crippen LogP contribution in [0.2, 0.25) is 0 Å². The van der Waals surface area contributed by atoms with E-state index in [0.717, 1.165) is 12.2 Å². The Kier molecular flexibility index (Phi) is 2.62. The van der Waals surface area contributed by atoms with Crippen molar-refractivity contribution in [3.8, 4) is 5.75 Å². The van der Waals surface area contributed by atoms with Gasteiger partial charge in [0, 0.05) is 5.54 Å². The monoisotopic (exact) mass is 231 g/mol. The van der Waals surface area contributed by atoms with Crippen LogP contribution < -0.4 is 10.5 Å². The van der Waals surface area contributed by atoms with E-state index in [-0.39, 0.29) is 5.54 Å². The third-order valence-corrected chi connectivity index (χ3v) is 4.25. The van der Waals surface area contributed by atoms with Crippen molar-refractivity contribution >= 4 is 0 Å². The van der Waals surface area contributed by atoms with E-state index in [1.54, 1.807) is 7.11 Å². The lowest BCUT2D eigenvalue weighted by molar-refractivity contribution is 0.405. The average molecular weight is 231 g/mol. The largest absolute Gasteiger partial charge is 0.496 e. The van der Waals surface area contributed by atoms with Crippen LogP contribution in [0.1, 0.15) is 42.4 Å². The molecule has 0 aliphatic heterocycles. The molecule has 2 heteroatoms. The number of ether oxygens (including phenoxy) is 1. The fraction of sp³-hybridized carbons (Fsp3) is 0.600. The summed E-state index contributed by atoms with van der Waals surface area (Å²) in [6.45, 7) is 0. The van der Waals surface area contributed by atoms with E-state index >= 15 is 0 Å². The van der Waals surface area contributed by atoms with Gasteiger partial charge in [-0.15, -0.1) is 0 Å². The van der Waals surface area contributed by atoms with Crippen molar-refractivity contribution in [3.05, 3.63) is 28.8 Å². The van der Waals surface area contributed by atoms with Gasteiger partial charge in [-0.3, -0.25) is 0 Å². The van der Waals surface area contributed by atoms with Crippen molar-refractivity contribution in [1.29, 1.82) is 0 Å². The highest BCUT2D eigenvalue weighted by Gasteiger charge is 2.39. The second-order valence-electron chi connectivity index (χ2n) is 5.63. The summed E-state index contributed by atoms with van der Waals surface area (Å²) in [5, 5.41) is 0. The lowest BCUT2D eigenvalue weighted by Crippen LogP contribution is -2.26. The fourth-order valence-corrected chi connectivity index (χ4v) is 2.96. The van der Waals surface area contributed by atoms with Crippen LogP contribution in [0.25, 0.3) is 0 Å². The molecule has 1 aromatic rings. The molecule has 0 amide bonds. The molecule has 1 saturated carbocycles. The summed E-state index contributed by atoms with van der Waals surface area (Å²) in [4.78, 5) is 0. The number of hydrogen-bond donors (Lipinski definition) is 1. The summed E-state index contributed by atoms with van der Waals surface area (Å²) >= 11 is 0. The molecule has 1 fully saturated rings. The SMILES string of the molecule is COc1ccc2c(c1CC1(N)CC1)CCCC2. The number of rotatable bonds is 3. The van der Waals surface area contributed by atoms with E-state index in [1.165, 1.54) is 55.2 Å². The van der Waals surface area contributed by atoms with Gasteiger partial charge in [0.25, 0.3) is 0 Å². The standard InChI is InChI=1S/C15H21NO/c1-17-14-7-6-11-4-2-3-5-12(11)13(14)10-15(16)8-9-15/h6-7H,2-5,8-10,16H2,1H3. The first-order chi connectivity index (χ1) is 8.22. The van der Waals surface area contributed by atoms with Gasteiger partial charge in [-0.05, 0) is 67.7 Å². The fourth-order valence-electron chi connectivity index (χ4n) is 2.96. The molecule has 0 unspecified atom stereocenters. The van der Waals surface area contributed by atoms with E-state index in [4.69, 9.17) is 10.5 Å². The Morgan fingerprint density at radius 1 is 1.24 bits per heavy atom. The maximum Gasteiger partial charge on any atom is 0.122 e. The highest BCUT2D eigenvalue weighted by Crippen LogP contribution is 2.40. The van der Waals surface area contributed by atoms with Crippen molar-refractivity contribution in [2.45, 2.75) is 50.5 Å². The van der Waals surface area contributed by atoms with Crippen LogP contribution in [0.3, 0.4) is 0 Å². The van der Waals surface area contributed by atoms with E-state index in [2.05, 4.69) is 12.1 Å². The quantitative estimate of drug-likeness (QED) is 0.868. The van der Waals surface area contributed by atoms with Gasteiger partial charge < -0.3 is 10.5 Å². The van der Waals surface area contributed by atoms with Crippen LogP contribution in [0.15, 0.2) is 12.1 Å². The highest BCUT2D eigenvalue weighted by molar-refractivity contribution is 5.47. The molecule has 17 heavy (non-hydrogen) atoms. The van der Waals surface area contributed by atoms with Crippen LogP contribution in [-0.4, -0.2) is 12.6 Å². The maximum absolute atomic E-state index is 6.28. The van der Waals surface area contributed by atoms with Gasteiger partial charge in [0.1, 0.15) is 5.75 Å². The Balaban J connectivity index is 2.01. The molecule has 3 rings (SSSR count). The Bertz CT molecular complexity index is 435. The van der Waals surface area contributed by atoms with Gasteiger partial charge in [0.15, 0.2) is 0 Å². The second-order valence-corrected chi connectivity index (χ2v) is 5.63. The van der Waals surface area contributed by atoms with Crippen molar-refractivity contribution in [1.82, 2.24) is 0 Å². The van der Waals surface area contributed by atoms with Gasteiger partial charge in [-0.1, -0.05) is 6.07 Å². The topological polar surface area (TPSA) is 35.2 Å².